The average Bonchev–Trinajstić information content (AvgIpc) is 2.30. The number of sulfonamides is 1. The van der Waals surface area contributed by atoms with Crippen molar-refractivity contribution in [1.29, 1.82) is 0 Å². The van der Waals surface area contributed by atoms with E-state index in [1.807, 2.05) is 35.1 Å². The molecule has 0 aliphatic rings. The van der Waals surface area contributed by atoms with Gasteiger partial charge in [-0.3, -0.25) is 9.52 Å². The van der Waals surface area contributed by atoms with E-state index in [1.54, 1.807) is 0 Å². The maximum Gasteiger partial charge on any atom is 0.250 e. The summed E-state index contributed by atoms with van der Waals surface area (Å²) < 4.78 is 24.3. The molecule has 94 valence electrons. The normalized spacial score (nSPS) is 13.1. The van der Waals surface area contributed by atoms with Crippen molar-refractivity contribution in [2.24, 2.45) is 5.73 Å². The van der Waals surface area contributed by atoms with Gasteiger partial charge in [-0.15, -0.1) is 0 Å². The van der Waals surface area contributed by atoms with E-state index < -0.39 is 22.0 Å². The number of nitrogens with two attached hydrogens (primary N) is 1. The molecule has 1 amide bonds. The fourth-order valence-corrected chi connectivity index (χ4v) is 1.86. The minimum Gasteiger partial charge on any atom is -0.320 e. The molecule has 3 N–H and O–H groups in total. The molecule has 0 saturated carbocycles. The van der Waals surface area contributed by atoms with Gasteiger partial charge in [0, 0.05) is 0 Å². The maximum absolute atomic E-state index is 11.5. The summed E-state index contributed by atoms with van der Waals surface area (Å²) in [6.07, 6.45) is 0.311. The van der Waals surface area contributed by atoms with Crippen LogP contribution in [0.3, 0.4) is 0 Å². The summed E-state index contributed by atoms with van der Waals surface area (Å²) in [5.74, 6) is -0.813. The first-order valence-corrected chi connectivity index (χ1v) is 6.93. The molecule has 6 heteroatoms. The Kier molecular flexibility index (Phi) is 4.65. The molecule has 0 aromatic heterocycles. The van der Waals surface area contributed by atoms with Crippen molar-refractivity contribution >= 4 is 15.9 Å². The molecular formula is C11H16N2O3S. The van der Waals surface area contributed by atoms with Gasteiger partial charge >= 0.3 is 0 Å². The van der Waals surface area contributed by atoms with Crippen LogP contribution in [0.25, 0.3) is 0 Å². The average molecular weight is 256 g/mol. The van der Waals surface area contributed by atoms with Gasteiger partial charge in [-0.1, -0.05) is 30.3 Å². The van der Waals surface area contributed by atoms with Crippen LogP contribution in [-0.2, 0) is 21.2 Å². The topological polar surface area (TPSA) is 89.3 Å². The monoisotopic (exact) mass is 256 g/mol. The lowest BCUT2D eigenvalue weighted by molar-refractivity contribution is -0.120. The predicted molar refractivity (Wildman–Crippen MR) is 65.7 cm³/mol. The minimum absolute atomic E-state index is 0.142. The summed E-state index contributed by atoms with van der Waals surface area (Å²) in [6, 6.07) is 8.34. The van der Waals surface area contributed by atoms with E-state index >= 15 is 0 Å². The molecule has 0 bridgehead atoms. The summed E-state index contributed by atoms with van der Waals surface area (Å²) in [7, 11) is -3.54. The number of amides is 1. The second kappa shape index (κ2) is 5.79. The Bertz CT molecular complexity index is 471. The van der Waals surface area contributed by atoms with Crippen molar-refractivity contribution in [2.45, 2.75) is 19.4 Å². The first kappa shape index (κ1) is 13.7. The smallest absolute Gasteiger partial charge is 0.250 e. The molecule has 0 aliphatic heterocycles. The molecule has 5 nitrogen and oxygen atoms in total. The van der Waals surface area contributed by atoms with Crippen LogP contribution in [0.4, 0.5) is 0 Å². The van der Waals surface area contributed by atoms with Crippen molar-refractivity contribution < 1.29 is 13.2 Å². The Hall–Kier alpha value is -1.40. The van der Waals surface area contributed by atoms with Crippen LogP contribution in [-0.4, -0.2) is 26.1 Å². The van der Waals surface area contributed by atoms with E-state index in [0.717, 1.165) is 5.56 Å². The van der Waals surface area contributed by atoms with Gasteiger partial charge in [0.25, 0.3) is 5.91 Å². The SMILES string of the molecule is CCS(=O)(=O)NC(=O)[C@H](N)Cc1ccccc1. The van der Waals surface area contributed by atoms with Crippen LogP contribution < -0.4 is 10.5 Å². The third-order valence-electron chi connectivity index (χ3n) is 2.27. The van der Waals surface area contributed by atoms with Crippen LogP contribution >= 0.6 is 0 Å². The molecule has 0 radical (unpaired) electrons. The molecule has 1 aromatic carbocycles. The standard InChI is InChI=1S/C11H16N2O3S/c1-2-17(15,16)13-11(14)10(12)8-9-6-4-3-5-7-9/h3-7,10H,2,8,12H2,1H3,(H,13,14)/t10-/m1/s1. The van der Waals surface area contributed by atoms with Crippen molar-refractivity contribution in [2.75, 3.05) is 5.75 Å². The zero-order valence-corrected chi connectivity index (χ0v) is 10.4. The Balaban J connectivity index is 2.60. The third-order valence-corrected chi connectivity index (χ3v) is 3.54. The minimum atomic E-state index is -3.54. The number of hydrogen-bond acceptors (Lipinski definition) is 4. The Labute approximate surface area is 101 Å². The first-order valence-electron chi connectivity index (χ1n) is 5.28. The largest absolute Gasteiger partial charge is 0.320 e. The lowest BCUT2D eigenvalue weighted by atomic mass is 10.1. The summed E-state index contributed by atoms with van der Waals surface area (Å²) in [5.41, 5.74) is 6.53. The summed E-state index contributed by atoms with van der Waals surface area (Å²) in [6.45, 7) is 1.46. The highest BCUT2D eigenvalue weighted by Crippen LogP contribution is 2.02. The Morgan fingerprint density at radius 3 is 2.47 bits per heavy atom. The van der Waals surface area contributed by atoms with Crippen LogP contribution in [0.2, 0.25) is 0 Å². The second-order valence-corrected chi connectivity index (χ2v) is 5.68. The van der Waals surface area contributed by atoms with Crippen LogP contribution in [0.15, 0.2) is 30.3 Å². The van der Waals surface area contributed by atoms with Gasteiger partial charge < -0.3 is 5.73 Å². The van der Waals surface area contributed by atoms with Crippen molar-refractivity contribution in [1.82, 2.24) is 4.72 Å². The molecule has 1 aromatic rings. The quantitative estimate of drug-likeness (QED) is 0.777. The van der Waals surface area contributed by atoms with Gasteiger partial charge in [0.1, 0.15) is 0 Å². The van der Waals surface area contributed by atoms with Crippen LogP contribution in [0.5, 0.6) is 0 Å². The maximum atomic E-state index is 11.5. The molecule has 0 aliphatic carbocycles. The lowest BCUT2D eigenvalue weighted by Crippen LogP contribution is -2.45. The van der Waals surface area contributed by atoms with E-state index in [9.17, 15) is 13.2 Å². The molecule has 1 rings (SSSR count). The highest BCUT2D eigenvalue weighted by Gasteiger charge is 2.18. The van der Waals surface area contributed by atoms with E-state index in [0.29, 0.717) is 6.42 Å². The first-order chi connectivity index (χ1) is 7.94. The van der Waals surface area contributed by atoms with Gasteiger partial charge in [0.05, 0.1) is 11.8 Å². The van der Waals surface area contributed by atoms with Crippen LogP contribution in [0.1, 0.15) is 12.5 Å². The molecule has 1 atom stereocenters. The number of carbonyl (C=O) groups is 1. The Morgan fingerprint density at radius 1 is 1.35 bits per heavy atom. The van der Waals surface area contributed by atoms with Crippen molar-refractivity contribution in [3.63, 3.8) is 0 Å². The second-order valence-electron chi connectivity index (χ2n) is 3.67. The predicted octanol–water partition coefficient (Wildman–Crippen LogP) is 0.0223. The van der Waals surface area contributed by atoms with Gasteiger partial charge in [-0.25, -0.2) is 8.42 Å². The van der Waals surface area contributed by atoms with E-state index in [4.69, 9.17) is 5.73 Å². The zero-order valence-electron chi connectivity index (χ0n) is 9.59. The molecule has 0 spiro atoms. The summed E-state index contributed by atoms with van der Waals surface area (Å²) in [5, 5.41) is 0. The number of benzene rings is 1. The Morgan fingerprint density at radius 2 is 1.94 bits per heavy atom. The van der Waals surface area contributed by atoms with Gasteiger partial charge in [0.2, 0.25) is 10.0 Å². The van der Waals surface area contributed by atoms with Gasteiger partial charge in [0.15, 0.2) is 0 Å². The van der Waals surface area contributed by atoms with E-state index in [1.165, 1.54) is 6.92 Å². The summed E-state index contributed by atoms with van der Waals surface area (Å²) in [4.78, 5) is 11.5. The molecule has 0 heterocycles. The van der Waals surface area contributed by atoms with Crippen molar-refractivity contribution in [3.8, 4) is 0 Å². The fourth-order valence-electron chi connectivity index (χ4n) is 1.26. The number of hydrogen-bond donors (Lipinski definition) is 2. The molecule has 0 saturated heterocycles. The zero-order chi connectivity index (χ0) is 12.9. The van der Waals surface area contributed by atoms with Crippen molar-refractivity contribution in [3.05, 3.63) is 35.9 Å². The number of rotatable bonds is 5. The summed E-state index contributed by atoms with van der Waals surface area (Å²) >= 11 is 0. The van der Waals surface area contributed by atoms with E-state index in [-0.39, 0.29) is 5.75 Å². The van der Waals surface area contributed by atoms with Gasteiger partial charge in [-0.2, -0.15) is 0 Å². The third kappa shape index (κ3) is 4.54. The number of nitrogens with one attached hydrogen (secondary N) is 1. The number of carbonyl (C=O) groups excluding carboxylic acids is 1. The van der Waals surface area contributed by atoms with E-state index in [2.05, 4.69) is 0 Å². The lowest BCUT2D eigenvalue weighted by Gasteiger charge is -2.11. The molecular weight excluding hydrogens is 240 g/mol. The molecule has 0 fully saturated rings. The van der Waals surface area contributed by atoms with Gasteiger partial charge in [-0.05, 0) is 18.9 Å². The molecule has 0 unspecified atom stereocenters. The fraction of sp³-hybridized carbons (Fsp3) is 0.364. The highest BCUT2D eigenvalue weighted by molar-refractivity contribution is 7.90. The highest BCUT2D eigenvalue weighted by atomic mass is 32.2. The van der Waals surface area contributed by atoms with Crippen LogP contribution in [0, 0.1) is 0 Å². The molecule has 17 heavy (non-hydrogen) atoms.